The molecule has 1 fully saturated rings. The number of hydrogen-bond acceptors (Lipinski definition) is 5. The Bertz CT molecular complexity index is 1480. The number of hydrogen-bond donors (Lipinski definition) is 1. The maximum atomic E-state index is 15.6. The largest absolute Gasteiger partial charge is 0.391 e. The Morgan fingerprint density at radius 1 is 1.13 bits per heavy atom. The number of halogens is 6. The molecule has 39 heavy (non-hydrogen) atoms. The van der Waals surface area contributed by atoms with Crippen LogP contribution in [0.15, 0.2) is 63.3 Å². The second kappa shape index (κ2) is 11.9. The van der Waals surface area contributed by atoms with Gasteiger partial charge in [-0.2, -0.15) is 17.5 Å². The molecule has 1 aliphatic heterocycles. The summed E-state index contributed by atoms with van der Waals surface area (Å²) in [6.45, 7) is -0.846. The number of rotatable bonds is 8. The Balaban J connectivity index is 1.81. The van der Waals surface area contributed by atoms with E-state index in [9.17, 15) is 34.8 Å². The van der Waals surface area contributed by atoms with Gasteiger partial charge in [-0.15, -0.1) is 0 Å². The zero-order chi connectivity index (χ0) is 29.2. The molecule has 0 aromatic heterocycles. The van der Waals surface area contributed by atoms with Crippen molar-refractivity contribution in [3.05, 3.63) is 63.4 Å². The molecule has 1 amide bonds. The minimum atomic E-state index is -4.77. The molecule has 0 bridgehead atoms. The zero-order valence-corrected chi connectivity index (χ0v) is 24.4. The van der Waals surface area contributed by atoms with E-state index in [1.54, 1.807) is 30.3 Å². The Kier molecular flexibility index (Phi) is 9.58. The van der Waals surface area contributed by atoms with Crippen LogP contribution < -0.4 is 5.32 Å². The number of nitrogens with one attached hydrogen (secondary N) is 1. The van der Waals surface area contributed by atoms with Gasteiger partial charge in [0, 0.05) is 58.2 Å². The topological polar surface area (TPSA) is 101 Å². The van der Waals surface area contributed by atoms with Crippen molar-refractivity contribution >= 4 is 53.3 Å². The summed E-state index contributed by atoms with van der Waals surface area (Å²) in [7, 11) is -8.00. The van der Waals surface area contributed by atoms with Crippen LogP contribution in [0.1, 0.15) is 19.3 Å². The van der Waals surface area contributed by atoms with Gasteiger partial charge in [0.25, 0.3) is 5.91 Å². The number of sulfonamides is 1. The van der Waals surface area contributed by atoms with Gasteiger partial charge < -0.3 is 5.32 Å². The van der Waals surface area contributed by atoms with Crippen LogP contribution in [0.4, 0.5) is 17.6 Å². The number of amides is 1. The van der Waals surface area contributed by atoms with Gasteiger partial charge in [0.15, 0.2) is 15.5 Å². The first-order valence-electron chi connectivity index (χ1n) is 11.4. The molecule has 2 aromatic rings. The molecule has 1 N–H and O–H groups in total. The maximum Gasteiger partial charge on any atom is 0.391 e. The Labute approximate surface area is 237 Å². The van der Waals surface area contributed by atoms with Crippen molar-refractivity contribution in [1.29, 1.82) is 0 Å². The highest BCUT2D eigenvalue weighted by atomic mass is 79.9. The summed E-state index contributed by atoms with van der Waals surface area (Å²) in [5.41, 5.74) is -1.91. The molecule has 0 radical (unpaired) electrons. The predicted molar refractivity (Wildman–Crippen MR) is 143 cm³/mol. The average Bonchev–Trinajstić information content (AvgIpc) is 2.81. The van der Waals surface area contributed by atoms with Crippen LogP contribution >= 0.6 is 27.5 Å². The lowest BCUT2D eigenvalue weighted by Gasteiger charge is -2.35. The molecule has 3 rings (SSSR count). The van der Waals surface area contributed by atoms with Crippen LogP contribution in [-0.2, 0) is 24.7 Å². The van der Waals surface area contributed by atoms with Gasteiger partial charge in [0.2, 0.25) is 10.0 Å². The minimum absolute atomic E-state index is 0.0919. The number of carbonyl (C=O) groups is 1. The number of alkyl halides is 4. The third-order valence-electron chi connectivity index (χ3n) is 5.97. The molecule has 7 nitrogen and oxygen atoms in total. The summed E-state index contributed by atoms with van der Waals surface area (Å²) >= 11 is 9.61. The quantitative estimate of drug-likeness (QED) is 0.385. The Morgan fingerprint density at radius 3 is 2.31 bits per heavy atom. The lowest BCUT2D eigenvalue weighted by molar-refractivity contribution is -0.144. The van der Waals surface area contributed by atoms with Crippen LogP contribution in [0, 0.1) is 0 Å². The fourth-order valence-corrected chi connectivity index (χ4v) is 6.72. The summed E-state index contributed by atoms with van der Waals surface area (Å²) in [5, 5.41) is 2.72. The predicted octanol–water partition coefficient (Wildman–Crippen LogP) is 5.26. The second-order valence-corrected chi connectivity index (χ2v) is 14.2. The van der Waals surface area contributed by atoms with E-state index >= 15 is 4.39 Å². The van der Waals surface area contributed by atoms with Crippen molar-refractivity contribution < 1.29 is 39.2 Å². The molecule has 1 aliphatic rings. The second-order valence-electron chi connectivity index (χ2n) is 9.05. The van der Waals surface area contributed by atoms with Crippen molar-refractivity contribution in [2.45, 2.75) is 42.0 Å². The van der Waals surface area contributed by atoms with Gasteiger partial charge in [-0.25, -0.2) is 21.2 Å². The lowest BCUT2D eigenvalue weighted by atomic mass is 9.93. The van der Waals surface area contributed by atoms with Crippen LogP contribution in [0.25, 0.3) is 11.1 Å². The van der Waals surface area contributed by atoms with Crippen molar-refractivity contribution in [3.8, 4) is 11.1 Å². The molecule has 214 valence electrons. The van der Waals surface area contributed by atoms with Gasteiger partial charge in [-0.3, -0.25) is 4.79 Å². The normalized spacial score (nSPS) is 17.7. The standard InChI is InChI=1S/C24H24BrClF4N2O5S2/c1-38(34,35)13-8-17(15-24(28,29)30)31-22(33)23(27)9-11-32(12-10-23)39(36,37)21-7-6-16(25)14-19(21)18-4-2-3-5-20(18)26/h2-8,13-14,17H,9-12,15H2,1H3,(H,31,33). The highest BCUT2D eigenvalue weighted by molar-refractivity contribution is 9.10. The molecular weight excluding hydrogens is 652 g/mol. The van der Waals surface area contributed by atoms with E-state index in [1.807, 2.05) is 5.32 Å². The highest BCUT2D eigenvalue weighted by Gasteiger charge is 2.46. The number of carbonyl (C=O) groups excluding carboxylic acids is 1. The van der Waals surface area contributed by atoms with Crippen LogP contribution in [0.3, 0.4) is 0 Å². The van der Waals surface area contributed by atoms with Gasteiger partial charge in [-0.1, -0.05) is 51.8 Å². The third kappa shape index (κ3) is 8.26. The van der Waals surface area contributed by atoms with E-state index in [1.165, 1.54) is 12.1 Å². The van der Waals surface area contributed by atoms with E-state index in [2.05, 4.69) is 15.9 Å². The highest BCUT2D eigenvalue weighted by Crippen LogP contribution is 2.38. The first kappa shape index (κ1) is 31.5. The van der Waals surface area contributed by atoms with Crippen molar-refractivity contribution in [2.75, 3.05) is 19.3 Å². The number of sulfone groups is 1. The smallest absolute Gasteiger partial charge is 0.347 e. The molecule has 1 heterocycles. The summed E-state index contributed by atoms with van der Waals surface area (Å²) in [5.74, 6) is -1.38. The molecule has 15 heteroatoms. The lowest BCUT2D eigenvalue weighted by Crippen LogP contribution is -2.54. The summed E-state index contributed by atoms with van der Waals surface area (Å²) < 4.78 is 106. The number of nitrogens with zero attached hydrogens (tertiary/aromatic N) is 1. The number of piperidine rings is 1. The SMILES string of the molecule is CS(=O)(=O)C=CC(CC(F)(F)F)NC(=O)C1(F)CCN(S(=O)(=O)c2ccc(Br)cc2-c2ccccc2Cl)CC1. The van der Waals surface area contributed by atoms with Crippen molar-refractivity contribution in [1.82, 2.24) is 9.62 Å². The molecule has 1 atom stereocenters. The van der Waals surface area contributed by atoms with Crippen molar-refractivity contribution in [2.24, 2.45) is 0 Å². The van der Waals surface area contributed by atoms with Gasteiger partial charge in [0.05, 0.1) is 17.4 Å². The molecule has 0 spiro atoms. The first-order chi connectivity index (χ1) is 17.9. The molecule has 0 aliphatic carbocycles. The monoisotopic (exact) mass is 674 g/mol. The van der Waals surface area contributed by atoms with Crippen molar-refractivity contribution in [3.63, 3.8) is 0 Å². The van der Waals surface area contributed by atoms with Gasteiger partial charge in [-0.05, 0) is 24.3 Å². The fraction of sp³-hybridized carbons (Fsp3) is 0.375. The Hall–Kier alpha value is -2.00. The van der Waals surface area contributed by atoms with E-state index in [4.69, 9.17) is 11.6 Å². The summed E-state index contributed by atoms with van der Waals surface area (Å²) in [4.78, 5) is 12.6. The molecular formula is C24H24BrClF4N2O5S2. The maximum absolute atomic E-state index is 15.6. The number of benzene rings is 2. The molecule has 1 saturated heterocycles. The van der Waals surface area contributed by atoms with Gasteiger partial charge in [0.1, 0.15) is 0 Å². The van der Waals surface area contributed by atoms with Crippen LogP contribution in [0.5, 0.6) is 0 Å². The van der Waals surface area contributed by atoms with E-state index in [0.717, 1.165) is 10.6 Å². The molecule has 2 aromatic carbocycles. The van der Waals surface area contributed by atoms with Crippen LogP contribution in [0.2, 0.25) is 5.02 Å². The summed E-state index contributed by atoms with van der Waals surface area (Å²) in [6.07, 6.45) is -6.24. The van der Waals surface area contributed by atoms with E-state index in [-0.39, 0.29) is 4.90 Å². The molecule has 0 saturated carbocycles. The average molecular weight is 676 g/mol. The fourth-order valence-electron chi connectivity index (χ4n) is 4.02. The van der Waals surface area contributed by atoms with Crippen LogP contribution in [-0.4, -0.2) is 64.3 Å². The first-order valence-corrected chi connectivity index (χ1v) is 16.0. The van der Waals surface area contributed by atoms with Gasteiger partial charge >= 0.3 is 6.18 Å². The zero-order valence-electron chi connectivity index (χ0n) is 20.4. The van der Waals surface area contributed by atoms with E-state index in [0.29, 0.717) is 32.1 Å². The molecule has 1 unspecified atom stereocenters. The Morgan fingerprint density at radius 2 is 1.74 bits per heavy atom. The van der Waals surface area contributed by atoms with E-state index < -0.39 is 76.0 Å². The summed E-state index contributed by atoms with van der Waals surface area (Å²) in [6, 6.07) is 9.26. The minimum Gasteiger partial charge on any atom is -0.347 e. The third-order valence-corrected chi connectivity index (χ3v) is 9.40.